The Morgan fingerprint density at radius 2 is 1.93 bits per heavy atom. The molecule has 6 nitrogen and oxygen atoms in total. The van der Waals surface area contributed by atoms with Gasteiger partial charge in [0.25, 0.3) is 5.56 Å². The van der Waals surface area contributed by atoms with Crippen molar-refractivity contribution in [3.8, 4) is 16.9 Å². The Morgan fingerprint density at radius 1 is 1.14 bits per heavy atom. The molecule has 142 valence electrons. The lowest BCUT2D eigenvalue weighted by atomic mass is 9.95. The van der Waals surface area contributed by atoms with Crippen molar-refractivity contribution in [2.75, 3.05) is 5.32 Å². The van der Waals surface area contributed by atoms with Crippen molar-refractivity contribution in [2.24, 2.45) is 7.05 Å². The van der Waals surface area contributed by atoms with Crippen molar-refractivity contribution in [3.63, 3.8) is 0 Å². The first kappa shape index (κ1) is 18.0. The summed E-state index contributed by atoms with van der Waals surface area (Å²) in [5.74, 6) is 0.594. The fourth-order valence-electron chi connectivity index (χ4n) is 3.44. The average molecular weight is 375 g/mol. The topological polar surface area (TPSA) is 73.2 Å². The highest BCUT2D eigenvalue weighted by molar-refractivity contribution is 5.96. The van der Waals surface area contributed by atoms with Gasteiger partial charge in [0.05, 0.1) is 5.69 Å². The van der Waals surface area contributed by atoms with Crippen LogP contribution in [0.3, 0.4) is 0 Å². The maximum Gasteiger partial charge on any atom is 0.253 e. The van der Waals surface area contributed by atoms with Crippen LogP contribution in [0.5, 0.6) is 5.75 Å². The second-order valence-corrected chi connectivity index (χ2v) is 6.97. The van der Waals surface area contributed by atoms with E-state index in [0.717, 1.165) is 27.9 Å². The van der Waals surface area contributed by atoms with E-state index in [-0.39, 0.29) is 11.5 Å². The number of nitrogens with one attached hydrogen (secondary N) is 1. The van der Waals surface area contributed by atoms with E-state index in [4.69, 9.17) is 4.74 Å². The largest absolute Gasteiger partial charge is 0.487 e. The van der Waals surface area contributed by atoms with Crippen molar-refractivity contribution in [2.45, 2.75) is 26.4 Å². The molecule has 3 heterocycles. The van der Waals surface area contributed by atoms with Gasteiger partial charge in [-0.15, -0.1) is 0 Å². The van der Waals surface area contributed by atoms with Gasteiger partial charge in [-0.25, -0.2) is 0 Å². The maximum atomic E-state index is 12.4. The quantitative estimate of drug-likeness (QED) is 0.760. The van der Waals surface area contributed by atoms with Gasteiger partial charge >= 0.3 is 0 Å². The highest BCUT2D eigenvalue weighted by Crippen LogP contribution is 2.38. The summed E-state index contributed by atoms with van der Waals surface area (Å²) in [6, 6.07) is 9.65. The first-order valence-electron chi connectivity index (χ1n) is 9.18. The summed E-state index contributed by atoms with van der Waals surface area (Å²) in [6.45, 7) is 2.19. The molecule has 0 fully saturated rings. The number of carbonyl (C=O) groups excluding carboxylic acids is 1. The number of ether oxygens (including phenoxy) is 1. The number of aryl methyl sites for hydroxylation is 2. The van der Waals surface area contributed by atoms with Crippen molar-refractivity contribution in [3.05, 3.63) is 76.0 Å². The molecular weight excluding hydrogens is 354 g/mol. The molecule has 1 aromatic carbocycles. The van der Waals surface area contributed by atoms with E-state index >= 15 is 0 Å². The summed E-state index contributed by atoms with van der Waals surface area (Å²) >= 11 is 0. The molecule has 6 heteroatoms. The normalized spacial score (nSPS) is 13.0. The molecule has 0 saturated heterocycles. The van der Waals surface area contributed by atoms with Gasteiger partial charge < -0.3 is 14.6 Å². The Morgan fingerprint density at radius 3 is 2.71 bits per heavy atom. The number of fused-ring (bicyclic) bond motifs is 1. The second-order valence-electron chi connectivity index (χ2n) is 6.97. The molecule has 0 aliphatic carbocycles. The van der Waals surface area contributed by atoms with Crippen LogP contribution >= 0.6 is 0 Å². The van der Waals surface area contributed by atoms with Gasteiger partial charge in [0.15, 0.2) is 0 Å². The van der Waals surface area contributed by atoms with E-state index in [0.29, 0.717) is 30.8 Å². The van der Waals surface area contributed by atoms with E-state index < -0.39 is 0 Å². The van der Waals surface area contributed by atoms with Gasteiger partial charge in [-0.2, -0.15) is 0 Å². The molecule has 4 rings (SSSR count). The summed E-state index contributed by atoms with van der Waals surface area (Å²) < 4.78 is 7.64. The lowest BCUT2D eigenvalue weighted by molar-refractivity contribution is -0.116. The minimum absolute atomic E-state index is 0.0150. The number of nitrogens with zero attached hydrogens (tertiary/aromatic N) is 2. The number of hydrogen-bond donors (Lipinski definition) is 1. The van der Waals surface area contributed by atoms with E-state index in [1.54, 1.807) is 30.2 Å². The zero-order chi connectivity index (χ0) is 19.7. The third kappa shape index (κ3) is 3.41. The van der Waals surface area contributed by atoms with Crippen molar-refractivity contribution in [1.29, 1.82) is 0 Å². The average Bonchev–Trinajstić information content (AvgIpc) is 2.71. The fraction of sp³-hybridized carbons (Fsp3) is 0.227. The Labute approximate surface area is 162 Å². The molecule has 1 amide bonds. The van der Waals surface area contributed by atoms with Crippen molar-refractivity contribution in [1.82, 2.24) is 9.55 Å². The minimum atomic E-state index is -0.0252. The lowest BCUT2D eigenvalue weighted by Gasteiger charge is -2.22. The van der Waals surface area contributed by atoms with Gasteiger partial charge in [-0.1, -0.05) is 0 Å². The molecular formula is C22H21N3O3. The highest BCUT2D eigenvalue weighted by Gasteiger charge is 2.21. The Hall–Kier alpha value is -3.41. The fourth-order valence-corrected chi connectivity index (χ4v) is 3.44. The van der Waals surface area contributed by atoms with Crippen LogP contribution in [-0.4, -0.2) is 15.5 Å². The summed E-state index contributed by atoms with van der Waals surface area (Å²) in [5.41, 5.74) is 5.16. The predicted molar refractivity (Wildman–Crippen MR) is 107 cm³/mol. The number of carbonyl (C=O) groups is 1. The summed E-state index contributed by atoms with van der Waals surface area (Å²) in [7, 11) is 1.74. The van der Waals surface area contributed by atoms with E-state index in [1.165, 1.54) is 0 Å². The maximum absolute atomic E-state index is 12.4. The van der Waals surface area contributed by atoms with Crippen LogP contribution in [0.2, 0.25) is 0 Å². The van der Waals surface area contributed by atoms with Crippen molar-refractivity contribution < 1.29 is 9.53 Å². The van der Waals surface area contributed by atoms with E-state index in [9.17, 15) is 9.59 Å². The first-order chi connectivity index (χ1) is 13.5. The summed E-state index contributed by atoms with van der Waals surface area (Å²) in [4.78, 5) is 28.3. The number of hydrogen-bond acceptors (Lipinski definition) is 4. The molecule has 28 heavy (non-hydrogen) atoms. The number of pyridine rings is 2. The summed E-state index contributed by atoms with van der Waals surface area (Å²) in [5, 5.41) is 2.94. The van der Waals surface area contributed by atoms with Crippen LogP contribution in [0.25, 0.3) is 11.1 Å². The van der Waals surface area contributed by atoms with Crippen LogP contribution in [0.1, 0.15) is 23.1 Å². The van der Waals surface area contributed by atoms with Crippen LogP contribution in [0.4, 0.5) is 5.69 Å². The van der Waals surface area contributed by atoms with Crippen molar-refractivity contribution >= 4 is 11.6 Å². The Balaban J connectivity index is 1.78. The predicted octanol–water partition coefficient (Wildman–Crippen LogP) is 3.22. The van der Waals surface area contributed by atoms with Crippen LogP contribution in [0.15, 0.2) is 53.7 Å². The van der Waals surface area contributed by atoms with Gasteiger partial charge in [0.1, 0.15) is 12.4 Å². The SMILES string of the molecule is Cc1c(-c2cc3c(c(OCc4ccncc4)c2)NC(=O)CC3)ccn(C)c1=O. The molecule has 0 spiro atoms. The van der Waals surface area contributed by atoms with Gasteiger partial charge in [0.2, 0.25) is 5.91 Å². The number of benzene rings is 1. The van der Waals surface area contributed by atoms with Crippen LogP contribution in [-0.2, 0) is 24.9 Å². The third-order valence-corrected chi connectivity index (χ3v) is 5.03. The van der Waals surface area contributed by atoms with Gasteiger partial charge in [-0.05, 0) is 65.9 Å². The molecule has 0 atom stereocenters. The number of aromatic nitrogens is 2. The molecule has 0 unspecified atom stereocenters. The number of amides is 1. The minimum Gasteiger partial charge on any atom is -0.487 e. The van der Waals surface area contributed by atoms with E-state index in [2.05, 4.69) is 10.3 Å². The Bertz CT molecular complexity index is 1100. The first-order valence-corrected chi connectivity index (χ1v) is 9.18. The third-order valence-electron chi connectivity index (χ3n) is 5.03. The highest BCUT2D eigenvalue weighted by atomic mass is 16.5. The number of anilines is 1. The molecule has 0 bridgehead atoms. The van der Waals surface area contributed by atoms with Gasteiger partial charge in [-0.3, -0.25) is 14.6 Å². The van der Waals surface area contributed by atoms with Gasteiger partial charge in [0, 0.05) is 37.6 Å². The molecule has 3 aromatic rings. The standard InChI is InChI=1S/C22H21N3O3/c1-14-18(7-10-25(2)22(14)27)17-11-16-3-4-20(26)24-21(16)19(12-17)28-13-15-5-8-23-9-6-15/h5-12H,3-4,13H2,1-2H3,(H,24,26). The molecule has 1 N–H and O–H groups in total. The van der Waals surface area contributed by atoms with Crippen LogP contribution < -0.4 is 15.6 Å². The molecule has 1 aliphatic heterocycles. The van der Waals surface area contributed by atoms with Crippen LogP contribution in [0, 0.1) is 6.92 Å². The monoisotopic (exact) mass is 375 g/mol. The summed E-state index contributed by atoms with van der Waals surface area (Å²) in [6.07, 6.45) is 6.29. The zero-order valence-corrected chi connectivity index (χ0v) is 15.9. The smallest absolute Gasteiger partial charge is 0.253 e. The molecule has 2 aromatic heterocycles. The Kier molecular flexibility index (Phi) is 4.69. The lowest BCUT2D eigenvalue weighted by Crippen LogP contribution is -2.21. The molecule has 1 aliphatic rings. The number of rotatable bonds is 4. The van der Waals surface area contributed by atoms with E-state index in [1.807, 2.05) is 37.3 Å². The molecule has 0 radical (unpaired) electrons. The second kappa shape index (κ2) is 7.31. The molecule has 0 saturated carbocycles. The zero-order valence-electron chi connectivity index (χ0n) is 15.9.